The molecule has 0 atom stereocenters. The first-order valence-electron chi connectivity index (χ1n) is 9.69. The molecule has 0 spiro atoms. The van der Waals surface area contributed by atoms with Crippen LogP contribution in [0.1, 0.15) is 31.1 Å². The minimum absolute atomic E-state index is 0.253. The summed E-state index contributed by atoms with van der Waals surface area (Å²) < 4.78 is 26.8. The minimum Gasteiger partial charge on any atom is -0.493 e. The lowest BCUT2D eigenvalue weighted by Gasteiger charge is -2.13. The molecular weight excluding hydrogens is 390 g/mol. The number of benzene rings is 2. The third kappa shape index (κ3) is 6.30. The van der Waals surface area contributed by atoms with Gasteiger partial charge in [-0.15, -0.1) is 0 Å². The first kappa shape index (κ1) is 22.9. The molecule has 8 nitrogen and oxygen atoms in total. The Morgan fingerprint density at radius 3 is 2.03 bits per heavy atom. The molecular formula is C22H27NO7. The van der Waals surface area contributed by atoms with E-state index in [0.29, 0.717) is 48.5 Å². The van der Waals surface area contributed by atoms with E-state index in [4.69, 9.17) is 23.7 Å². The molecule has 0 saturated heterocycles. The van der Waals surface area contributed by atoms with Gasteiger partial charge in [-0.2, -0.15) is 0 Å². The van der Waals surface area contributed by atoms with Crippen molar-refractivity contribution < 1.29 is 33.3 Å². The van der Waals surface area contributed by atoms with Gasteiger partial charge in [0.05, 0.1) is 32.5 Å². The van der Waals surface area contributed by atoms with Crippen LogP contribution in [0.5, 0.6) is 23.0 Å². The lowest BCUT2D eigenvalue weighted by molar-refractivity contribution is -0.119. The molecule has 0 aliphatic heterocycles. The predicted octanol–water partition coefficient (Wildman–Crippen LogP) is 3.69. The minimum atomic E-state index is -0.645. The zero-order valence-corrected chi connectivity index (χ0v) is 17.7. The normalized spacial score (nSPS) is 10.1. The van der Waals surface area contributed by atoms with E-state index in [9.17, 15) is 9.59 Å². The second-order valence-electron chi connectivity index (χ2n) is 5.95. The van der Waals surface area contributed by atoms with Crippen LogP contribution in [0.3, 0.4) is 0 Å². The third-order valence-electron chi connectivity index (χ3n) is 3.86. The van der Waals surface area contributed by atoms with Crippen LogP contribution in [0, 0.1) is 0 Å². The Morgan fingerprint density at radius 1 is 0.800 bits per heavy atom. The maximum Gasteiger partial charge on any atom is 0.338 e. The van der Waals surface area contributed by atoms with E-state index in [-0.39, 0.29) is 5.56 Å². The number of carbonyl (C=O) groups is 2. The van der Waals surface area contributed by atoms with Crippen LogP contribution >= 0.6 is 0 Å². The van der Waals surface area contributed by atoms with Crippen molar-refractivity contribution in [3.63, 3.8) is 0 Å². The summed E-state index contributed by atoms with van der Waals surface area (Å²) in [5.41, 5.74) is 0.758. The molecule has 1 amide bonds. The summed E-state index contributed by atoms with van der Waals surface area (Å²) in [4.78, 5) is 24.4. The molecule has 2 aromatic carbocycles. The Hall–Kier alpha value is -3.42. The fraction of sp³-hybridized carbons (Fsp3) is 0.364. The molecule has 0 aliphatic rings. The van der Waals surface area contributed by atoms with Crippen molar-refractivity contribution in [1.82, 2.24) is 0 Å². The summed E-state index contributed by atoms with van der Waals surface area (Å²) in [6.45, 7) is 6.57. The van der Waals surface area contributed by atoms with Crippen molar-refractivity contribution in [1.29, 1.82) is 0 Å². The molecule has 8 heteroatoms. The molecule has 2 aromatic rings. The number of rotatable bonds is 11. The van der Waals surface area contributed by atoms with Gasteiger partial charge in [0.25, 0.3) is 5.91 Å². The number of amides is 1. The van der Waals surface area contributed by atoms with Crippen molar-refractivity contribution in [2.75, 3.05) is 38.9 Å². The van der Waals surface area contributed by atoms with Gasteiger partial charge in [-0.3, -0.25) is 4.79 Å². The topological polar surface area (TPSA) is 92.3 Å². The second-order valence-corrected chi connectivity index (χ2v) is 5.95. The van der Waals surface area contributed by atoms with Gasteiger partial charge in [0.15, 0.2) is 29.6 Å². The van der Waals surface area contributed by atoms with E-state index in [1.807, 2.05) is 20.8 Å². The van der Waals surface area contributed by atoms with E-state index in [0.717, 1.165) is 0 Å². The van der Waals surface area contributed by atoms with Gasteiger partial charge >= 0.3 is 5.97 Å². The van der Waals surface area contributed by atoms with Gasteiger partial charge < -0.3 is 29.0 Å². The van der Waals surface area contributed by atoms with E-state index in [1.165, 1.54) is 13.2 Å². The standard InChI is InChI=1S/C22H27NO7/c1-5-27-17-10-8-15(12-19(17)26-4)22(25)30-14-21(24)23-16-9-11-18(28-6-2)20(13-16)29-7-3/h8-13H,5-7,14H2,1-4H3,(H,23,24). The number of methoxy groups -OCH3 is 1. The molecule has 0 bridgehead atoms. The average Bonchev–Trinajstić information content (AvgIpc) is 2.74. The zero-order valence-electron chi connectivity index (χ0n) is 17.7. The molecule has 30 heavy (non-hydrogen) atoms. The summed E-state index contributed by atoms with van der Waals surface area (Å²) >= 11 is 0. The number of esters is 1. The number of ether oxygens (including phenoxy) is 5. The molecule has 162 valence electrons. The Balaban J connectivity index is 1.97. The second kappa shape index (κ2) is 11.5. The highest BCUT2D eigenvalue weighted by Crippen LogP contribution is 2.31. The molecule has 0 saturated carbocycles. The van der Waals surface area contributed by atoms with Gasteiger partial charge in [-0.05, 0) is 51.1 Å². The van der Waals surface area contributed by atoms with Crippen LogP contribution in [-0.2, 0) is 9.53 Å². The van der Waals surface area contributed by atoms with Crippen molar-refractivity contribution in [3.8, 4) is 23.0 Å². The third-order valence-corrected chi connectivity index (χ3v) is 3.86. The highest BCUT2D eigenvalue weighted by atomic mass is 16.5. The summed E-state index contributed by atoms with van der Waals surface area (Å²) in [5, 5.41) is 2.67. The number of hydrogen-bond acceptors (Lipinski definition) is 7. The van der Waals surface area contributed by atoms with Crippen molar-refractivity contribution in [2.24, 2.45) is 0 Å². The monoisotopic (exact) mass is 417 g/mol. The van der Waals surface area contributed by atoms with Crippen molar-refractivity contribution in [3.05, 3.63) is 42.0 Å². The summed E-state index contributed by atoms with van der Waals surface area (Å²) in [5.74, 6) is 0.924. The number of carbonyl (C=O) groups excluding carboxylic acids is 2. The Labute approximate surface area is 176 Å². The van der Waals surface area contributed by atoms with Crippen molar-refractivity contribution >= 4 is 17.6 Å². The average molecular weight is 417 g/mol. The molecule has 0 radical (unpaired) electrons. The zero-order chi connectivity index (χ0) is 21.9. The molecule has 0 aromatic heterocycles. The van der Waals surface area contributed by atoms with E-state index in [1.54, 1.807) is 30.3 Å². The highest BCUT2D eigenvalue weighted by molar-refractivity contribution is 5.96. The molecule has 0 heterocycles. The highest BCUT2D eigenvalue weighted by Gasteiger charge is 2.15. The molecule has 0 fully saturated rings. The summed E-state index contributed by atoms with van der Waals surface area (Å²) in [6.07, 6.45) is 0. The predicted molar refractivity (Wildman–Crippen MR) is 112 cm³/mol. The Kier molecular flexibility index (Phi) is 8.80. The van der Waals surface area contributed by atoms with Crippen LogP contribution in [0.4, 0.5) is 5.69 Å². The maximum absolute atomic E-state index is 12.3. The first-order valence-corrected chi connectivity index (χ1v) is 9.69. The summed E-state index contributed by atoms with van der Waals surface area (Å²) in [6, 6.07) is 9.73. The van der Waals surface area contributed by atoms with Crippen LogP contribution < -0.4 is 24.3 Å². The Morgan fingerprint density at radius 2 is 1.40 bits per heavy atom. The van der Waals surface area contributed by atoms with Crippen LogP contribution in [0.25, 0.3) is 0 Å². The summed E-state index contributed by atoms with van der Waals surface area (Å²) in [7, 11) is 1.48. The van der Waals surface area contributed by atoms with E-state index < -0.39 is 18.5 Å². The van der Waals surface area contributed by atoms with Gasteiger partial charge in [0, 0.05) is 11.8 Å². The van der Waals surface area contributed by atoms with Crippen LogP contribution in [0.2, 0.25) is 0 Å². The van der Waals surface area contributed by atoms with E-state index >= 15 is 0 Å². The lowest BCUT2D eigenvalue weighted by Crippen LogP contribution is -2.21. The number of hydrogen-bond donors (Lipinski definition) is 1. The smallest absolute Gasteiger partial charge is 0.338 e. The maximum atomic E-state index is 12.3. The van der Waals surface area contributed by atoms with Gasteiger partial charge in [-0.1, -0.05) is 0 Å². The molecule has 1 N–H and O–H groups in total. The fourth-order valence-electron chi connectivity index (χ4n) is 2.61. The SMILES string of the molecule is CCOc1ccc(C(=O)OCC(=O)Nc2ccc(OCC)c(OCC)c2)cc1OC. The Bertz CT molecular complexity index is 867. The number of nitrogens with one attached hydrogen (secondary N) is 1. The van der Waals surface area contributed by atoms with Gasteiger partial charge in [-0.25, -0.2) is 4.79 Å². The van der Waals surface area contributed by atoms with E-state index in [2.05, 4.69) is 5.32 Å². The largest absolute Gasteiger partial charge is 0.493 e. The van der Waals surface area contributed by atoms with Crippen LogP contribution in [0.15, 0.2) is 36.4 Å². The number of anilines is 1. The molecule has 0 unspecified atom stereocenters. The first-order chi connectivity index (χ1) is 14.5. The fourth-order valence-corrected chi connectivity index (χ4v) is 2.61. The lowest BCUT2D eigenvalue weighted by atomic mass is 10.2. The van der Waals surface area contributed by atoms with Gasteiger partial charge in [0.2, 0.25) is 0 Å². The molecule has 0 aliphatic carbocycles. The van der Waals surface area contributed by atoms with Crippen LogP contribution in [-0.4, -0.2) is 45.4 Å². The van der Waals surface area contributed by atoms with Gasteiger partial charge in [0.1, 0.15) is 0 Å². The molecule has 2 rings (SSSR count). The quantitative estimate of drug-likeness (QED) is 0.558. The van der Waals surface area contributed by atoms with Crippen molar-refractivity contribution in [2.45, 2.75) is 20.8 Å².